The maximum atomic E-state index is 4.54. The molecule has 0 saturated carbocycles. The summed E-state index contributed by atoms with van der Waals surface area (Å²) < 4.78 is 0. The number of benzene rings is 1. The second-order valence-corrected chi connectivity index (χ2v) is 4.38. The van der Waals surface area contributed by atoms with Crippen LogP contribution in [0, 0.1) is 0 Å². The minimum Gasteiger partial charge on any atom is -0.312 e. The highest BCUT2D eigenvalue weighted by molar-refractivity contribution is 5.36. The van der Waals surface area contributed by atoms with Gasteiger partial charge in [-0.1, -0.05) is 31.2 Å². The van der Waals surface area contributed by atoms with Crippen molar-refractivity contribution < 1.29 is 0 Å². The summed E-state index contributed by atoms with van der Waals surface area (Å²) in [6.07, 6.45) is 0.898. The summed E-state index contributed by atoms with van der Waals surface area (Å²) in [5, 5.41) is 10.8. The molecule has 17 heavy (non-hydrogen) atoms. The number of hydrogen-bond acceptors (Lipinski definition) is 3. The van der Waals surface area contributed by atoms with Crippen LogP contribution in [0.4, 0.5) is 0 Å². The van der Waals surface area contributed by atoms with Gasteiger partial charge in [-0.25, -0.2) is 4.98 Å². The third kappa shape index (κ3) is 1.85. The Balaban J connectivity index is 1.99. The van der Waals surface area contributed by atoms with Crippen LogP contribution in [0.5, 0.6) is 0 Å². The van der Waals surface area contributed by atoms with Crippen LogP contribution in [-0.4, -0.2) is 21.7 Å². The van der Waals surface area contributed by atoms with Crippen LogP contribution in [0.15, 0.2) is 24.3 Å². The van der Waals surface area contributed by atoms with Gasteiger partial charge >= 0.3 is 0 Å². The highest BCUT2D eigenvalue weighted by Crippen LogP contribution is 2.27. The van der Waals surface area contributed by atoms with Gasteiger partial charge in [-0.05, 0) is 11.1 Å². The average Bonchev–Trinajstić information content (AvgIpc) is 2.87. The quantitative estimate of drug-likeness (QED) is 0.821. The Morgan fingerprint density at radius 2 is 2.24 bits per heavy atom. The van der Waals surface area contributed by atoms with E-state index >= 15 is 0 Å². The lowest BCUT2D eigenvalue weighted by Gasteiger charge is -2.24. The zero-order valence-electron chi connectivity index (χ0n) is 9.90. The van der Waals surface area contributed by atoms with E-state index in [1.165, 1.54) is 11.1 Å². The standard InChI is InChI=1S/C13H16N4/c1-2-12-15-13(17-16-12)11-8-14-7-9-5-3-4-6-10(9)11/h3-6,11,14H,2,7-8H2,1H3,(H,15,16,17). The molecule has 88 valence electrons. The minimum absolute atomic E-state index is 0.275. The van der Waals surface area contributed by atoms with Crippen molar-refractivity contribution in [2.24, 2.45) is 0 Å². The van der Waals surface area contributed by atoms with Crippen LogP contribution >= 0.6 is 0 Å². The topological polar surface area (TPSA) is 53.6 Å². The number of nitrogens with one attached hydrogen (secondary N) is 2. The van der Waals surface area contributed by atoms with Gasteiger partial charge < -0.3 is 5.32 Å². The molecule has 1 aliphatic heterocycles. The Bertz CT molecular complexity index is 518. The molecule has 4 heteroatoms. The fourth-order valence-electron chi connectivity index (χ4n) is 2.35. The van der Waals surface area contributed by atoms with Gasteiger partial charge in [-0.2, -0.15) is 5.10 Å². The first-order chi connectivity index (χ1) is 8.38. The summed E-state index contributed by atoms with van der Waals surface area (Å²) >= 11 is 0. The molecule has 0 bridgehead atoms. The molecule has 0 saturated heterocycles. The molecule has 4 nitrogen and oxygen atoms in total. The van der Waals surface area contributed by atoms with Gasteiger partial charge in [0.15, 0.2) is 5.82 Å². The fourth-order valence-corrected chi connectivity index (χ4v) is 2.35. The van der Waals surface area contributed by atoms with Crippen LogP contribution in [0.2, 0.25) is 0 Å². The Kier molecular flexibility index (Phi) is 2.65. The SMILES string of the molecule is CCc1nc(C2CNCc3ccccc32)n[nH]1. The summed E-state index contributed by atoms with van der Waals surface area (Å²) in [4.78, 5) is 4.54. The number of aromatic nitrogens is 3. The lowest BCUT2D eigenvalue weighted by Crippen LogP contribution is -2.29. The molecule has 0 spiro atoms. The third-order valence-corrected chi connectivity index (χ3v) is 3.29. The van der Waals surface area contributed by atoms with E-state index in [9.17, 15) is 0 Å². The normalized spacial score (nSPS) is 19.0. The van der Waals surface area contributed by atoms with Crippen molar-refractivity contribution in [1.29, 1.82) is 0 Å². The lowest BCUT2D eigenvalue weighted by molar-refractivity contribution is 0.573. The van der Waals surface area contributed by atoms with E-state index in [4.69, 9.17) is 0 Å². The highest BCUT2D eigenvalue weighted by Gasteiger charge is 2.24. The van der Waals surface area contributed by atoms with E-state index in [1.54, 1.807) is 0 Å². The van der Waals surface area contributed by atoms with Gasteiger partial charge in [-0.3, -0.25) is 5.10 Å². The second-order valence-electron chi connectivity index (χ2n) is 4.38. The first kappa shape index (κ1) is 10.5. The van der Waals surface area contributed by atoms with Crippen molar-refractivity contribution in [2.45, 2.75) is 25.8 Å². The Morgan fingerprint density at radius 3 is 3.06 bits per heavy atom. The number of rotatable bonds is 2. The highest BCUT2D eigenvalue weighted by atomic mass is 15.2. The first-order valence-corrected chi connectivity index (χ1v) is 6.08. The van der Waals surface area contributed by atoms with Crippen LogP contribution in [0.25, 0.3) is 0 Å². The van der Waals surface area contributed by atoms with E-state index in [1.807, 2.05) is 0 Å². The number of aryl methyl sites for hydroxylation is 1. The van der Waals surface area contributed by atoms with Crippen molar-refractivity contribution in [3.63, 3.8) is 0 Å². The average molecular weight is 228 g/mol. The van der Waals surface area contributed by atoms with E-state index in [-0.39, 0.29) is 5.92 Å². The molecule has 1 aliphatic rings. The molecule has 0 aliphatic carbocycles. The summed E-state index contributed by atoms with van der Waals surface area (Å²) in [5.41, 5.74) is 2.71. The Labute approximate surface area is 100 Å². The smallest absolute Gasteiger partial charge is 0.159 e. The van der Waals surface area contributed by atoms with E-state index in [0.717, 1.165) is 31.2 Å². The van der Waals surface area contributed by atoms with Gasteiger partial charge in [0.05, 0.1) is 5.92 Å². The molecular formula is C13H16N4. The van der Waals surface area contributed by atoms with Crippen molar-refractivity contribution in [1.82, 2.24) is 20.5 Å². The van der Waals surface area contributed by atoms with Crippen LogP contribution in [0.3, 0.4) is 0 Å². The molecule has 3 rings (SSSR count). The van der Waals surface area contributed by atoms with Gasteiger partial charge in [0.1, 0.15) is 5.82 Å². The first-order valence-electron chi connectivity index (χ1n) is 6.08. The van der Waals surface area contributed by atoms with E-state index in [2.05, 4.69) is 51.7 Å². The molecule has 2 N–H and O–H groups in total. The maximum absolute atomic E-state index is 4.54. The molecule has 1 aromatic carbocycles. The van der Waals surface area contributed by atoms with E-state index < -0.39 is 0 Å². The van der Waals surface area contributed by atoms with Crippen molar-refractivity contribution in [3.05, 3.63) is 47.0 Å². The number of nitrogens with zero attached hydrogens (tertiary/aromatic N) is 2. The maximum Gasteiger partial charge on any atom is 0.159 e. The molecule has 1 aromatic heterocycles. The number of hydrogen-bond donors (Lipinski definition) is 2. The van der Waals surface area contributed by atoms with Gasteiger partial charge in [-0.15, -0.1) is 0 Å². The molecule has 0 fully saturated rings. The van der Waals surface area contributed by atoms with Gasteiger partial charge in [0.25, 0.3) is 0 Å². The van der Waals surface area contributed by atoms with E-state index in [0.29, 0.717) is 0 Å². The molecule has 0 amide bonds. The number of aromatic amines is 1. The lowest BCUT2D eigenvalue weighted by atomic mass is 9.90. The Hall–Kier alpha value is -1.68. The van der Waals surface area contributed by atoms with Crippen LogP contribution in [-0.2, 0) is 13.0 Å². The van der Waals surface area contributed by atoms with Crippen molar-refractivity contribution in [3.8, 4) is 0 Å². The predicted molar refractivity (Wildman–Crippen MR) is 65.8 cm³/mol. The Morgan fingerprint density at radius 1 is 1.35 bits per heavy atom. The molecule has 2 aromatic rings. The molecule has 2 heterocycles. The molecule has 1 unspecified atom stereocenters. The fraction of sp³-hybridized carbons (Fsp3) is 0.385. The van der Waals surface area contributed by atoms with Crippen LogP contribution in [0.1, 0.15) is 35.6 Å². The largest absolute Gasteiger partial charge is 0.312 e. The molecular weight excluding hydrogens is 212 g/mol. The van der Waals surface area contributed by atoms with Crippen molar-refractivity contribution in [2.75, 3.05) is 6.54 Å². The summed E-state index contributed by atoms with van der Waals surface area (Å²) in [6, 6.07) is 8.52. The second kappa shape index (κ2) is 4.30. The predicted octanol–water partition coefficient (Wildman–Crippen LogP) is 1.60. The third-order valence-electron chi connectivity index (χ3n) is 3.29. The summed E-state index contributed by atoms with van der Waals surface area (Å²) in [6.45, 7) is 3.94. The van der Waals surface area contributed by atoms with Gasteiger partial charge in [0.2, 0.25) is 0 Å². The molecule has 0 radical (unpaired) electrons. The number of fused-ring (bicyclic) bond motifs is 1. The minimum atomic E-state index is 0.275. The molecule has 1 atom stereocenters. The monoisotopic (exact) mass is 228 g/mol. The van der Waals surface area contributed by atoms with Crippen molar-refractivity contribution >= 4 is 0 Å². The zero-order valence-corrected chi connectivity index (χ0v) is 9.90. The summed E-state index contributed by atoms with van der Waals surface area (Å²) in [5.74, 6) is 2.14. The zero-order chi connectivity index (χ0) is 11.7. The number of H-pyrrole nitrogens is 1. The van der Waals surface area contributed by atoms with Crippen LogP contribution < -0.4 is 5.32 Å². The summed E-state index contributed by atoms with van der Waals surface area (Å²) in [7, 11) is 0. The van der Waals surface area contributed by atoms with Gasteiger partial charge in [0, 0.05) is 19.5 Å².